The monoisotopic (exact) mass is 643 g/mol. The molecule has 6 N–H and O–H groups in total. The second-order valence-corrected chi connectivity index (χ2v) is 11.9. The number of aromatic nitrogens is 3. The first-order valence-corrected chi connectivity index (χ1v) is 15.1. The fourth-order valence-electron chi connectivity index (χ4n) is 4.82. The van der Waals surface area contributed by atoms with Gasteiger partial charge in [-0.25, -0.2) is 28.3 Å². The zero-order chi connectivity index (χ0) is 31.9. The number of benzene rings is 4. The first kappa shape index (κ1) is 29.6. The number of nitrogens with one attached hydrogen (secondary N) is 2. The molecular formula is C30H23N6O7S2+. The smallest absolute Gasteiger partial charge is 0.336 e. The summed E-state index contributed by atoms with van der Waals surface area (Å²) < 4.78 is 30.3. The number of phenols is 1. The summed E-state index contributed by atoms with van der Waals surface area (Å²) in [4.78, 5) is 27.5. The number of amidine groups is 1. The Bertz CT molecular complexity index is 2280. The summed E-state index contributed by atoms with van der Waals surface area (Å²) in [6.45, 7) is 0.213. The van der Waals surface area contributed by atoms with Crippen molar-refractivity contribution in [3.63, 3.8) is 0 Å². The second kappa shape index (κ2) is 11.5. The van der Waals surface area contributed by atoms with Gasteiger partial charge in [0.25, 0.3) is 0 Å². The Morgan fingerprint density at radius 3 is 2.51 bits per heavy atom. The van der Waals surface area contributed by atoms with Crippen molar-refractivity contribution in [1.82, 2.24) is 15.0 Å². The maximum atomic E-state index is 12.5. The van der Waals surface area contributed by atoms with Gasteiger partial charge in [0, 0.05) is 28.6 Å². The topological polar surface area (TPSA) is 205 Å². The third kappa shape index (κ3) is 6.12. The molecule has 0 bridgehead atoms. The molecule has 0 saturated carbocycles. The number of anilines is 1. The van der Waals surface area contributed by atoms with E-state index in [2.05, 4.69) is 33.3 Å². The molecule has 1 aliphatic heterocycles. The number of fused-ring (bicyclic) bond motifs is 2. The van der Waals surface area contributed by atoms with E-state index in [0.29, 0.717) is 44.3 Å². The summed E-state index contributed by atoms with van der Waals surface area (Å²) in [7, 11) is -3.81. The van der Waals surface area contributed by atoms with Gasteiger partial charge in [-0.15, -0.1) is 5.10 Å². The van der Waals surface area contributed by atoms with Gasteiger partial charge in [-0.3, -0.25) is 9.79 Å². The van der Waals surface area contributed by atoms with E-state index in [1.807, 2.05) is 0 Å². The van der Waals surface area contributed by atoms with E-state index in [-0.39, 0.29) is 39.5 Å². The SMILES string of the molecule is NS(=O)(=O)c1ccc(-n2cc(C[NH+]=C(S)Nc3ccc(-c4c5ccc(=O)cc-5oc5cc(O)ccc45)c(C(=O)O)c3)nn2)cc1. The molecule has 0 spiro atoms. The number of aromatic carboxylic acids is 1. The van der Waals surface area contributed by atoms with Crippen molar-refractivity contribution >= 4 is 50.4 Å². The fourth-order valence-corrected chi connectivity index (χ4v) is 5.54. The molecule has 13 nitrogen and oxygen atoms in total. The molecule has 2 aliphatic rings. The zero-order valence-electron chi connectivity index (χ0n) is 23.0. The highest BCUT2D eigenvalue weighted by molar-refractivity contribution is 7.96. The molecule has 1 aromatic heterocycles. The van der Waals surface area contributed by atoms with Gasteiger partial charge in [-0.2, -0.15) is 0 Å². The van der Waals surface area contributed by atoms with Crippen LogP contribution in [0.3, 0.4) is 0 Å². The number of thiol groups is 1. The first-order chi connectivity index (χ1) is 21.5. The third-order valence-electron chi connectivity index (χ3n) is 6.87. The van der Waals surface area contributed by atoms with Crippen LogP contribution < -0.4 is 20.9 Å². The Hall–Kier alpha value is -5.51. The number of phenolic OH excluding ortho intramolecular Hbond substituents is 1. The summed E-state index contributed by atoms with van der Waals surface area (Å²) >= 11 is 4.44. The molecule has 0 atom stereocenters. The van der Waals surface area contributed by atoms with Crippen molar-refractivity contribution in [2.75, 3.05) is 5.32 Å². The molecule has 1 aliphatic carbocycles. The molecule has 226 valence electrons. The predicted octanol–water partition coefficient (Wildman–Crippen LogP) is 2.18. The Morgan fingerprint density at radius 2 is 1.78 bits per heavy atom. The molecule has 0 fully saturated rings. The summed E-state index contributed by atoms with van der Waals surface area (Å²) in [5, 5.41) is 37.4. The highest BCUT2D eigenvalue weighted by atomic mass is 32.2. The van der Waals surface area contributed by atoms with Crippen LogP contribution in [-0.4, -0.2) is 44.8 Å². The van der Waals surface area contributed by atoms with E-state index < -0.39 is 16.0 Å². The number of carbonyl (C=O) groups is 1. The number of nitrogens with zero attached hydrogens (tertiary/aromatic N) is 3. The van der Waals surface area contributed by atoms with E-state index in [9.17, 15) is 28.2 Å². The number of rotatable bonds is 7. The van der Waals surface area contributed by atoms with Gasteiger partial charge in [-0.1, -0.05) is 17.8 Å². The van der Waals surface area contributed by atoms with Crippen LogP contribution in [0.15, 0.2) is 99.2 Å². The van der Waals surface area contributed by atoms with Crippen LogP contribution in [0.5, 0.6) is 5.75 Å². The standard InChI is InChI=1S/C30H22N6O7S2/c31-45(41,42)21-6-2-18(3-7-21)36-15-17(34-35-36)14-32-30(44)33-16-1-8-22(25(11-16)29(39)40)28-23-9-4-19(37)12-26(23)43-27-13-20(38)5-10-24(27)28/h1-13,15,37H,14H2,(H,39,40)(H2,31,41,42)(H2,32,33,44)/p+1. The number of sulfonamides is 1. The lowest BCUT2D eigenvalue weighted by molar-refractivity contribution is -0.472. The molecule has 0 saturated heterocycles. The Labute approximate surface area is 260 Å². The fraction of sp³-hybridized carbons (Fsp3) is 0.0333. The van der Waals surface area contributed by atoms with Gasteiger partial charge in [0.15, 0.2) is 5.43 Å². The van der Waals surface area contributed by atoms with Crippen LogP contribution in [0.4, 0.5) is 5.69 Å². The molecule has 0 amide bonds. The molecule has 3 aromatic carbocycles. The number of nitrogens with two attached hydrogens (primary N) is 1. The van der Waals surface area contributed by atoms with E-state index >= 15 is 0 Å². The zero-order valence-corrected chi connectivity index (χ0v) is 24.7. The van der Waals surface area contributed by atoms with Crippen molar-refractivity contribution in [3.05, 3.63) is 107 Å². The van der Waals surface area contributed by atoms with Gasteiger partial charge < -0.3 is 14.6 Å². The number of hydrogen-bond acceptors (Lipinski definition) is 8. The number of aromatic hydroxyl groups is 1. The molecule has 15 heteroatoms. The lowest BCUT2D eigenvalue weighted by Gasteiger charge is -2.17. The first-order valence-electron chi connectivity index (χ1n) is 13.1. The van der Waals surface area contributed by atoms with Crippen LogP contribution in [0, 0.1) is 0 Å². The van der Waals surface area contributed by atoms with Crippen LogP contribution >= 0.6 is 12.6 Å². The van der Waals surface area contributed by atoms with E-state index in [1.54, 1.807) is 42.6 Å². The van der Waals surface area contributed by atoms with Gasteiger partial charge in [0.1, 0.15) is 35.0 Å². The van der Waals surface area contributed by atoms with E-state index in [0.717, 1.165) is 0 Å². The molecule has 4 aromatic rings. The number of carboxylic acid groups (broad SMARTS) is 1. The van der Waals surface area contributed by atoms with Crippen LogP contribution in [0.25, 0.3) is 39.1 Å². The Balaban J connectivity index is 1.27. The lowest BCUT2D eigenvalue weighted by Crippen LogP contribution is -2.71. The average molecular weight is 644 g/mol. The van der Waals surface area contributed by atoms with E-state index in [1.165, 1.54) is 47.1 Å². The lowest BCUT2D eigenvalue weighted by atomic mass is 9.90. The maximum Gasteiger partial charge on any atom is 0.336 e. The van der Waals surface area contributed by atoms with E-state index in [4.69, 9.17) is 9.56 Å². The van der Waals surface area contributed by atoms with Crippen molar-refractivity contribution in [1.29, 1.82) is 0 Å². The summed E-state index contributed by atoms with van der Waals surface area (Å²) in [5.41, 5.74) is 2.99. The van der Waals surface area contributed by atoms with Crippen molar-refractivity contribution in [2.45, 2.75) is 11.4 Å². The summed E-state index contributed by atoms with van der Waals surface area (Å²) in [5.74, 6) is -0.974. The summed E-state index contributed by atoms with van der Waals surface area (Å²) in [6.07, 6.45) is 1.65. The minimum absolute atomic E-state index is 0.0214. The van der Waals surface area contributed by atoms with Gasteiger partial charge in [0.2, 0.25) is 10.0 Å². The molecule has 45 heavy (non-hydrogen) atoms. The predicted molar refractivity (Wildman–Crippen MR) is 168 cm³/mol. The largest absolute Gasteiger partial charge is 0.508 e. The summed E-state index contributed by atoms with van der Waals surface area (Å²) in [6, 6.07) is 19.4. The Morgan fingerprint density at radius 1 is 1.02 bits per heavy atom. The number of primary sulfonamides is 1. The molecular weight excluding hydrogens is 620 g/mol. The molecule has 0 radical (unpaired) electrons. The van der Waals surface area contributed by atoms with Crippen LogP contribution in [0.2, 0.25) is 0 Å². The highest BCUT2D eigenvalue weighted by Gasteiger charge is 2.23. The van der Waals surface area contributed by atoms with Gasteiger partial charge >= 0.3 is 11.1 Å². The van der Waals surface area contributed by atoms with Gasteiger partial charge in [-0.05, 0) is 72.3 Å². The van der Waals surface area contributed by atoms with Crippen LogP contribution in [0.1, 0.15) is 16.1 Å². The normalized spacial score (nSPS) is 12.1. The number of carboxylic acids is 1. The third-order valence-corrected chi connectivity index (χ3v) is 8.07. The van der Waals surface area contributed by atoms with Crippen molar-refractivity contribution in [3.8, 4) is 33.9 Å². The second-order valence-electron chi connectivity index (χ2n) is 9.90. The van der Waals surface area contributed by atoms with Crippen molar-refractivity contribution < 1.29 is 32.8 Å². The van der Waals surface area contributed by atoms with Crippen molar-refractivity contribution in [2.24, 2.45) is 5.14 Å². The minimum atomic E-state index is -3.81. The highest BCUT2D eigenvalue weighted by Crippen LogP contribution is 2.42. The van der Waals surface area contributed by atoms with Crippen LogP contribution in [-0.2, 0) is 16.6 Å². The molecule has 0 unspecified atom stereocenters. The number of hydrogen-bond donors (Lipinski definition) is 6. The quantitative estimate of drug-likeness (QED) is 0.0647. The average Bonchev–Trinajstić information content (AvgIpc) is 3.47. The Kier molecular flexibility index (Phi) is 7.57. The molecule has 6 rings (SSSR count). The minimum Gasteiger partial charge on any atom is -0.508 e. The maximum absolute atomic E-state index is 12.5. The molecule has 2 heterocycles. The van der Waals surface area contributed by atoms with Gasteiger partial charge in [0.05, 0.1) is 22.3 Å².